The smallest absolute Gasteiger partial charge is 0.407 e. The van der Waals surface area contributed by atoms with E-state index in [9.17, 15) is 14.3 Å². The average Bonchev–Trinajstić information content (AvgIpc) is 2.40. The summed E-state index contributed by atoms with van der Waals surface area (Å²) in [7, 11) is 0. The van der Waals surface area contributed by atoms with Crippen LogP contribution in [0.15, 0.2) is 30.4 Å². The lowest BCUT2D eigenvalue weighted by Gasteiger charge is -2.19. The maximum Gasteiger partial charge on any atom is 0.407 e. The quantitative estimate of drug-likeness (QED) is 0.703. The Balaban J connectivity index is 2.29. The lowest BCUT2D eigenvalue weighted by Crippen LogP contribution is -2.32. The Bertz CT molecular complexity index is 553. The summed E-state index contributed by atoms with van der Waals surface area (Å²) in [6.07, 6.45) is 3.16. The first kappa shape index (κ1) is 19.0. The first-order chi connectivity index (χ1) is 10.7. The minimum Gasteiger partial charge on any atom is -0.508 e. The molecule has 0 saturated heterocycles. The highest BCUT2D eigenvalue weighted by Gasteiger charge is 2.15. The molecule has 0 spiro atoms. The van der Waals surface area contributed by atoms with Crippen LogP contribution in [-0.4, -0.2) is 29.9 Å². The van der Waals surface area contributed by atoms with Gasteiger partial charge in [-0.1, -0.05) is 18.2 Å². The van der Waals surface area contributed by atoms with Crippen LogP contribution >= 0.6 is 0 Å². The Hall–Kier alpha value is -2.08. The van der Waals surface area contributed by atoms with Gasteiger partial charge in [-0.25, -0.2) is 9.18 Å². The van der Waals surface area contributed by atoms with Crippen LogP contribution in [0.5, 0.6) is 5.75 Å². The Morgan fingerprint density at radius 3 is 2.61 bits per heavy atom. The molecule has 0 aliphatic heterocycles. The summed E-state index contributed by atoms with van der Waals surface area (Å²) < 4.78 is 18.8. The van der Waals surface area contributed by atoms with Crippen LogP contribution in [0.4, 0.5) is 9.18 Å². The highest BCUT2D eigenvalue weighted by Crippen LogP contribution is 2.20. The maximum atomic E-state index is 13.7. The van der Waals surface area contributed by atoms with Crippen LogP contribution in [-0.2, 0) is 4.74 Å². The highest BCUT2D eigenvalue weighted by molar-refractivity contribution is 5.67. The Morgan fingerprint density at radius 1 is 1.35 bits per heavy atom. The van der Waals surface area contributed by atoms with Gasteiger partial charge in [-0.15, -0.1) is 0 Å². The maximum absolute atomic E-state index is 13.7. The molecular formula is C17H25FN2O3. The van der Waals surface area contributed by atoms with Crippen molar-refractivity contribution in [1.82, 2.24) is 10.6 Å². The van der Waals surface area contributed by atoms with Crippen molar-refractivity contribution in [2.75, 3.05) is 13.1 Å². The standard InChI is InChI=1S/C17H25FN2O3/c1-12(14-8-7-13(21)11-15(14)18)19-9-5-6-10-20-16(22)23-17(2,3)4/h5-8,11-12,19,21H,9-10H2,1-4H3,(H,20,22)/b6-5+. The zero-order valence-corrected chi connectivity index (χ0v) is 14.0. The molecule has 0 heterocycles. The number of phenolic OH excluding ortho intramolecular Hbond substituents is 1. The van der Waals surface area contributed by atoms with Crippen LogP contribution in [0.2, 0.25) is 0 Å². The van der Waals surface area contributed by atoms with Crippen LogP contribution in [0.3, 0.4) is 0 Å². The molecule has 0 radical (unpaired) electrons. The fourth-order valence-electron chi connectivity index (χ4n) is 1.85. The molecule has 0 fully saturated rings. The van der Waals surface area contributed by atoms with Crippen molar-refractivity contribution in [3.63, 3.8) is 0 Å². The number of carbonyl (C=O) groups excluding carboxylic acids is 1. The number of hydrogen-bond acceptors (Lipinski definition) is 4. The molecule has 1 aromatic carbocycles. The molecule has 1 rings (SSSR count). The molecule has 128 valence electrons. The second-order valence-corrected chi connectivity index (χ2v) is 6.19. The Labute approximate surface area is 136 Å². The van der Waals surface area contributed by atoms with Crippen LogP contribution in [0.25, 0.3) is 0 Å². The Morgan fingerprint density at radius 2 is 2.00 bits per heavy atom. The van der Waals surface area contributed by atoms with Crippen LogP contribution < -0.4 is 10.6 Å². The number of amides is 1. The van der Waals surface area contributed by atoms with E-state index in [1.165, 1.54) is 6.07 Å². The fraction of sp³-hybridized carbons (Fsp3) is 0.471. The van der Waals surface area contributed by atoms with Gasteiger partial charge in [-0.05, 0) is 33.8 Å². The molecule has 0 bridgehead atoms. The number of rotatable bonds is 6. The molecule has 1 amide bonds. The van der Waals surface area contributed by atoms with Crippen LogP contribution in [0.1, 0.15) is 39.3 Å². The van der Waals surface area contributed by atoms with E-state index < -0.39 is 17.5 Å². The summed E-state index contributed by atoms with van der Waals surface area (Å²) in [4.78, 5) is 11.4. The van der Waals surface area contributed by atoms with Gasteiger partial charge in [0.2, 0.25) is 0 Å². The van der Waals surface area contributed by atoms with E-state index in [1.807, 2.05) is 13.0 Å². The number of aromatic hydroxyl groups is 1. The molecule has 3 N–H and O–H groups in total. The highest BCUT2D eigenvalue weighted by atomic mass is 19.1. The zero-order valence-electron chi connectivity index (χ0n) is 14.0. The van der Waals surface area contributed by atoms with Crippen molar-refractivity contribution in [3.8, 4) is 5.75 Å². The van der Waals surface area contributed by atoms with Crippen molar-refractivity contribution in [2.24, 2.45) is 0 Å². The van der Waals surface area contributed by atoms with Crippen LogP contribution in [0, 0.1) is 5.82 Å². The number of nitrogens with one attached hydrogen (secondary N) is 2. The predicted molar refractivity (Wildman–Crippen MR) is 87.9 cm³/mol. The average molecular weight is 324 g/mol. The predicted octanol–water partition coefficient (Wildman–Crippen LogP) is 3.26. The van der Waals surface area contributed by atoms with E-state index in [2.05, 4.69) is 10.6 Å². The lowest BCUT2D eigenvalue weighted by molar-refractivity contribution is 0.0534. The number of alkyl carbamates (subject to hydrolysis) is 1. The SMILES string of the molecule is CC(NC/C=C/CNC(=O)OC(C)(C)C)c1ccc(O)cc1F. The first-order valence-electron chi connectivity index (χ1n) is 7.52. The van der Waals surface area contributed by atoms with E-state index in [0.29, 0.717) is 18.7 Å². The summed E-state index contributed by atoms with van der Waals surface area (Å²) in [6, 6.07) is 3.90. The molecule has 1 atom stereocenters. The van der Waals surface area contributed by atoms with Crippen molar-refractivity contribution >= 4 is 6.09 Å². The largest absolute Gasteiger partial charge is 0.508 e. The van der Waals surface area contributed by atoms with E-state index >= 15 is 0 Å². The number of carbonyl (C=O) groups is 1. The monoisotopic (exact) mass is 324 g/mol. The van der Waals surface area contributed by atoms with Gasteiger partial charge in [0.25, 0.3) is 0 Å². The number of phenols is 1. The van der Waals surface area contributed by atoms with Crippen molar-refractivity contribution in [3.05, 3.63) is 41.7 Å². The number of hydrogen-bond donors (Lipinski definition) is 3. The molecule has 23 heavy (non-hydrogen) atoms. The normalized spacial score (nSPS) is 13.1. The number of benzene rings is 1. The van der Waals surface area contributed by atoms with Gasteiger partial charge in [-0.3, -0.25) is 0 Å². The van der Waals surface area contributed by atoms with E-state index in [4.69, 9.17) is 4.74 Å². The second-order valence-electron chi connectivity index (χ2n) is 6.19. The van der Waals surface area contributed by atoms with E-state index in [0.717, 1.165) is 6.07 Å². The minimum atomic E-state index is -0.515. The molecule has 1 unspecified atom stereocenters. The summed E-state index contributed by atoms with van der Waals surface area (Å²) in [5.41, 5.74) is -0.0259. The third-order valence-corrected chi connectivity index (χ3v) is 2.92. The summed E-state index contributed by atoms with van der Waals surface area (Å²) in [6.45, 7) is 8.13. The number of ether oxygens (including phenoxy) is 1. The van der Waals surface area contributed by atoms with Gasteiger partial charge >= 0.3 is 6.09 Å². The minimum absolute atomic E-state index is 0.0911. The van der Waals surface area contributed by atoms with Gasteiger partial charge in [0.1, 0.15) is 17.2 Å². The van der Waals surface area contributed by atoms with E-state index in [-0.39, 0.29) is 11.8 Å². The zero-order chi connectivity index (χ0) is 17.5. The third kappa shape index (κ3) is 7.65. The molecule has 0 saturated carbocycles. The fourth-order valence-corrected chi connectivity index (χ4v) is 1.85. The molecule has 6 heteroatoms. The third-order valence-electron chi connectivity index (χ3n) is 2.92. The van der Waals surface area contributed by atoms with Crippen molar-refractivity contribution in [2.45, 2.75) is 39.3 Å². The number of halogens is 1. The summed E-state index contributed by atoms with van der Waals surface area (Å²) in [5, 5.41) is 14.9. The summed E-state index contributed by atoms with van der Waals surface area (Å²) in [5.74, 6) is -0.535. The Kier molecular flexibility index (Phi) is 7.03. The molecule has 1 aromatic rings. The van der Waals surface area contributed by atoms with E-state index in [1.54, 1.807) is 32.9 Å². The second kappa shape index (κ2) is 8.53. The topological polar surface area (TPSA) is 70.6 Å². The van der Waals surface area contributed by atoms with Gasteiger partial charge in [0, 0.05) is 30.8 Å². The van der Waals surface area contributed by atoms with Crippen molar-refractivity contribution < 1.29 is 19.0 Å². The van der Waals surface area contributed by atoms with Crippen molar-refractivity contribution in [1.29, 1.82) is 0 Å². The van der Waals surface area contributed by atoms with Gasteiger partial charge in [0.05, 0.1) is 0 Å². The van der Waals surface area contributed by atoms with Gasteiger partial charge < -0.3 is 20.5 Å². The first-order valence-corrected chi connectivity index (χ1v) is 7.52. The molecular weight excluding hydrogens is 299 g/mol. The van der Waals surface area contributed by atoms with Gasteiger partial charge in [0.15, 0.2) is 0 Å². The lowest BCUT2D eigenvalue weighted by atomic mass is 10.1. The molecule has 0 aliphatic rings. The molecule has 0 aliphatic carbocycles. The van der Waals surface area contributed by atoms with Gasteiger partial charge in [-0.2, -0.15) is 0 Å². The molecule has 0 aromatic heterocycles. The molecule has 5 nitrogen and oxygen atoms in total. The summed E-state index contributed by atoms with van der Waals surface area (Å²) >= 11 is 0.